The molecular formula is C28H29N3O2. The van der Waals surface area contributed by atoms with Gasteiger partial charge in [-0.2, -0.15) is 0 Å². The number of benzene rings is 3. The lowest BCUT2D eigenvalue weighted by Crippen LogP contribution is -2.47. The van der Waals surface area contributed by atoms with E-state index in [-0.39, 0.29) is 5.91 Å². The Kier molecular flexibility index (Phi) is 5.97. The molecule has 5 nitrogen and oxygen atoms in total. The number of carbonyl (C=O) groups excluding carboxylic acids is 1. The van der Waals surface area contributed by atoms with Crippen LogP contribution in [0.5, 0.6) is 5.75 Å². The summed E-state index contributed by atoms with van der Waals surface area (Å²) >= 11 is 0. The third-order valence-electron chi connectivity index (χ3n) is 6.45. The molecule has 33 heavy (non-hydrogen) atoms. The van der Waals surface area contributed by atoms with Crippen LogP contribution in [0.2, 0.25) is 0 Å². The highest BCUT2D eigenvalue weighted by atomic mass is 16.5. The Bertz CT molecular complexity index is 1310. The number of carbonyl (C=O) groups is 1. The van der Waals surface area contributed by atoms with Crippen LogP contribution in [0.15, 0.2) is 66.9 Å². The zero-order chi connectivity index (χ0) is 22.8. The fraction of sp³-hybridized carbons (Fsp3) is 0.286. The van der Waals surface area contributed by atoms with E-state index in [0.717, 1.165) is 65.6 Å². The molecule has 1 saturated heterocycles. The molecule has 0 saturated carbocycles. The van der Waals surface area contributed by atoms with E-state index in [1.165, 1.54) is 11.1 Å². The summed E-state index contributed by atoms with van der Waals surface area (Å²) in [6.07, 6.45) is 2.61. The van der Waals surface area contributed by atoms with Crippen molar-refractivity contribution < 1.29 is 9.53 Å². The molecule has 0 N–H and O–H groups in total. The second-order valence-electron chi connectivity index (χ2n) is 8.92. The molecule has 1 aliphatic rings. The number of piperazine rings is 1. The number of hydrogen-bond donors (Lipinski definition) is 0. The van der Waals surface area contributed by atoms with E-state index in [0.29, 0.717) is 6.61 Å². The predicted molar refractivity (Wildman–Crippen MR) is 133 cm³/mol. The molecule has 0 unspecified atom stereocenters. The number of fused-ring (bicyclic) bond motifs is 2. The van der Waals surface area contributed by atoms with E-state index in [9.17, 15) is 4.79 Å². The number of hydrogen-bond acceptors (Lipinski definition) is 4. The highest BCUT2D eigenvalue weighted by Gasteiger charge is 2.20. The Labute approximate surface area is 194 Å². The molecule has 5 heteroatoms. The largest absolute Gasteiger partial charge is 0.492 e. The van der Waals surface area contributed by atoms with Crippen molar-refractivity contribution in [2.75, 3.05) is 39.8 Å². The summed E-state index contributed by atoms with van der Waals surface area (Å²) in [7, 11) is 2.10. The summed E-state index contributed by atoms with van der Waals surface area (Å²) in [5.74, 6) is 0.999. The molecule has 5 rings (SSSR count). The van der Waals surface area contributed by atoms with Crippen molar-refractivity contribution in [1.29, 1.82) is 0 Å². The van der Waals surface area contributed by atoms with Crippen LogP contribution >= 0.6 is 0 Å². The number of aryl methyl sites for hydroxylation is 1. The molecule has 168 valence electrons. The van der Waals surface area contributed by atoms with Crippen molar-refractivity contribution in [2.24, 2.45) is 0 Å². The van der Waals surface area contributed by atoms with E-state index in [2.05, 4.69) is 60.3 Å². The van der Waals surface area contributed by atoms with E-state index >= 15 is 0 Å². The fourth-order valence-corrected chi connectivity index (χ4v) is 4.42. The number of pyridine rings is 1. The van der Waals surface area contributed by atoms with Gasteiger partial charge in [0.1, 0.15) is 5.75 Å². The normalized spacial score (nSPS) is 14.7. The van der Waals surface area contributed by atoms with Crippen LogP contribution in [0.25, 0.3) is 21.7 Å². The summed E-state index contributed by atoms with van der Waals surface area (Å²) in [6, 6.07) is 20.6. The lowest BCUT2D eigenvalue weighted by Gasteiger charge is -2.32. The summed E-state index contributed by atoms with van der Waals surface area (Å²) in [5, 5.41) is 3.29. The summed E-state index contributed by atoms with van der Waals surface area (Å²) in [6.45, 7) is 6.12. The minimum Gasteiger partial charge on any atom is -0.492 e. The maximum Gasteiger partial charge on any atom is 0.253 e. The zero-order valence-corrected chi connectivity index (χ0v) is 19.3. The maximum absolute atomic E-state index is 12.9. The number of likely N-dealkylation sites (N-methyl/N-ethyl adjacent to an activating group) is 1. The van der Waals surface area contributed by atoms with Crippen molar-refractivity contribution in [3.63, 3.8) is 0 Å². The number of amides is 1. The Hall–Kier alpha value is -3.44. The maximum atomic E-state index is 12.9. The first-order valence-electron chi connectivity index (χ1n) is 11.6. The number of nitrogens with zero attached hydrogens (tertiary/aromatic N) is 3. The smallest absolute Gasteiger partial charge is 0.253 e. The van der Waals surface area contributed by atoms with Gasteiger partial charge >= 0.3 is 0 Å². The molecule has 4 aromatic rings. The van der Waals surface area contributed by atoms with Crippen molar-refractivity contribution >= 4 is 27.6 Å². The molecule has 1 amide bonds. The number of rotatable bonds is 5. The van der Waals surface area contributed by atoms with Crippen LogP contribution < -0.4 is 4.74 Å². The van der Waals surface area contributed by atoms with Crippen LogP contribution in [0, 0.1) is 6.92 Å². The van der Waals surface area contributed by atoms with Gasteiger partial charge < -0.3 is 14.5 Å². The van der Waals surface area contributed by atoms with Gasteiger partial charge in [0.25, 0.3) is 5.91 Å². The Morgan fingerprint density at radius 1 is 0.939 bits per heavy atom. The van der Waals surface area contributed by atoms with E-state index in [1.54, 1.807) is 6.20 Å². The second kappa shape index (κ2) is 9.20. The standard InChI is InChI=1S/C28H29N3O2/c1-20-3-8-26-25(17-20)27(9-11-29-26)33-16-10-21-4-5-23-19-24(7-6-22(23)18-21)28(32)31-14-12-30(2)13-15-31/h3-9,11,17-19H,10,12-16H2,1-2H3. The average Bonchev–Trinajstić information content (AvgIpc) is 2.84. The van der Waals surface area contributed by atoms with Gasteiger partial charge in [-0.25, -0.2) is 0 Å². The van der Waals surface area contributed by atoms with Gasteiger partial charge in [0.2, 0.25) is 0 Å². The minimum absolute atomic E-state index is 0.127. The third-order valence-corrected chi connectivity index (χ3v) is 6.45. The van der Waals surface area contributed by atoms with Gasteiger partial charge in [-0.3, -0.25) is 9.78 Å². The van der Waals surface area contributed by atoms with Gasteiger partial charge in [0, 0.05) is 49.7 Å². The molecular weight excluding hydrogens is 410 g/mol. The van der Waals surface area contributed by atoms with Crippen LogP contribution in [0.4, 0.5) is 0 Å². The highest BCUT2D eigenvalue weighted by Crippen LogP contribution is 2.25. The van der Waals surface area contributed by atoms with Crippen molar-refractivity contribution in [3.8, 4) is 5.75 Å². The van der Waals surface area contributed by atoms with E-state index in [1.807, 2.05) is 29.2 Å². The van der Waals surface area contributed by atoms with Gasteiger partial charge in [-0.15, -0.1) is 0 Å². The summed E-state index contributed by atoms with van der Waals surface area (Å²) in [4.78, 5) is 21.5. The van der Waals surface area contributed by atoms with E-state index in [4.69, 9.17) is 4.74 Å². The Morgan fingerprint density at radius 3 is 2.58 bits per heavy atom. The van der Waals surface area contributed by atoms with Crippen molar-refractivity contribution in [1.82, 2.24) is 14.8 Å². The third kappa shape index (κ3) is 4.69. The summed E-state index contributed by atoms with van der Waals surface area (Å²) in [5.41, 5.74) is 4.13. The van der Waals surface area contributed by atoms with Gasteiger partial charge in [0.15, 0.2) is 0 Å². The molecule has 0 bridgehead atoms. The topological polar surface area (TPSA) is 45.7 Å². The van der Waals surface area contributed by atoms with Gasteiger partial charge in [0.05, 0.1) is 12.1 Å². The first kappa shape index (κ1) is 21.4. The first-order chi connectivity index (χ1) is 16.1. The fourth-order valence-electron chi connectivity index (χ4n) is 4.42. The van der Waals surface area contributed by atoms with Crippen LogP contribution in [-0.2, 0) is 6.42 Å². The lowest BCUT2D eigenvalue weighted by molar-refractivity contribution is 0.0664. The molecule has 0 atom stereocenters. The molecule has 1 aromatic heterocycles. The van der Waals surface area contributed by atoms with Crippen molar-refractivity contribution in [3.05, 3.63) is 83.6 Å². The van der Waals surface area contributed by atoms with Crippen LogP contribution in [0.1, 0.15) is 21.5 Å². The van der Waals surface area contributed by atoms with Crippen LogP contribution in [-0.4, -0.2) is 60.5 Å². The van der Waals surface area contributed by atoms with Crippen LogP contribution in [0.3, 0.4) is 0 Å². The molecule has 0 aliphatic carbocycles. The molecule has 0 spiro atoms. The average molecular weight is 440 g/mol. The monoisotopic (exact) mass is 439 g/mol. The van der Waals surface area contributed by atoms with Crippen molar-refractivity contribution in [2.45, 2.75) is 13.3 Å². The zero-order valence-electron chi connectivity index (χ0n) is 19.3. The lowest BCUT2D eigenvalue weighted by atomic mass is 10.0. The molecule has 0 radical (unpaired) electrons. The SMILES string of the molecule is Cc1ccc2nccc(OCCc3ccc4cc(C(=O)N5CCN(C)CC5)ccc4c3)c2c1. The quantitative estimate of drug-likeness (QED) is 0.452. The summed E-state index contributed by atoms with van der Waals surface area (Å²) < 4.78 is 6.12. The van der Waals surface area contributed by atoms with E-state index < -0.39 is 0 Å². The number of ether oxygens (including phenoxy) is 1. The van der Waals surface area contributed by atoms with Gasteiger partial charge in [-0.05, 0) is 60.6 Å². The minimum atomic E-state index is 0.127. The first-order valence-corrected chi connectivity index (χ1v) is 11.6. The number of aromatic nitrogens is 1. The Balaban J connectivity index is 1.26. The molecule has 3 aromatic carbocycles. The highest BCUT2D eigenvalue weighted by molar-refractivity contribution is 5.98. The predicted octanol–water partition coefficient (Wildman–Crippen LogP) is 4.71. The van der Waals surface area contributed by atoms with Gasteiger partial charge in [-0.1, -0.05) is 35.9 Å². The molecule has 1 aliphatic heterocycles. The second-order valence-corrected chi connectivity index (χ2v) is 8.92. The Morgan fingerprint density at radius 2 is 1.73 bits per heavy atom. The molecule has 2 heterocycles. The molecule has 1 fully saturated rings.